The first-order valence-electron chi connectivity index (χ1n) is 3.81. The number of hydrogen-bond donors (Lipinski definition) is 2. The highest BCUT2D eigenvalue weighted by Crippen LogP contribution is 2.06. The Morgan fingerprint density at radius 3 is 2.85 bits per heavy atom. The first-order valence-corrected chi connectivity index (χ1v) is 5.42. The van der Waals surface area contributed by atoms with E-state index in [9.17, 15) is 8.42 Å². The van der Waals surface area contributed by atoms with E-state index in [1.807, 2.05) is 0 Å². The van der Waals surface area contributed by atoms with Crippen molar-refractivity contribution in [3.8, 4) is 0 Å². The molecule has 0 saturated carbocycles. The lowest BCUT2D eigenvalue weighted by molar-refractivity contribution is 0.483. The molecule has 0 fully saturated rings. The van der Waals surface area contributed by atoms with Gasteiger partial charge in [0.05, 0.1) is 5.75 Å². The molecule has 72 valence electrons. The van der Waals surface area contributed by atoms with Crippen LogP contribution in [-0.4, -0.2) is 18.7 Å². The third-order valence-corrected chi connectivity index (χ3v) is 2.27. The number of hydrogen-bond acceptors (Lipinski definition) is 3. The van der Waals surface area contributed by atoms with Crippen molar-refractivity contribution in [2.45, 2.75) is 6.42 Å². The van der Waals surface area contributed by atoms with Gasteiger partial charge in [0.1, 0.15) is 0 Å². The largest absolute Gasteiger partial charge is 0.368 e. The minimum Gasteiger partial charge on any atom is -0.368 e. The minimum atomic E-state index is -3.85. The molecular formula is C8H11NO3S. The summed E-state index contributed by atoms with van der Waals surface area (Å²) in [6.07, 6.45) is 9.10. The molecule has 13 heavy (non-hydrogen) atoms. The zero-order chi connectivity index (χ0) is 9.73. The van der Waals surface area contributed by atoms with Gasteiger partial charge in [-0.05, 0) is 24.1 Å². The van der Waals surface area contributed by atoms with Gasteiger partial charge in [-0.3, -0.25) is 4.55 Å². The Bertz CT molecular complexity index is 352. The highest BCUT2D eigenvalue weighted by Gasteiger charge is 2.04. The molecule has 1 aliphatic heterocycles. The Morgan fingerprint density at radius 2 is 2.15 bits per heavy atom. The maximum Gasteiger partial charge on any atom is 0.265 e. The molecule has 0 radical (unpaired) electrons. The van der Waals surface area contributed by atoms with Crippen LogP contribution in [0.3, 0.4) is 0 Å². The minimum absolute atomic E-state index is 0.239. The zero-order valence-electron chi connectivity index (χ0n) is 6.97. The summed E-state index contributed by atoms with van der Waals surface area (Å²) in [5.74, 6) is -0.239. The Morgan fingerprint density at radius 1 is 1.38 bits per heavy atom. The van der Waals surface area contributed by atoms with E-state index < -0.39 is 10.1 Å². The molecule has 0 aromatic carbocycles. The van der Waals surface area contributed by atoms with Crippen LogP contribution in [-0.2, 0) is 10.1 Å². The Kier molecular flexibility index (Phi) is 3.27. The smallest absolute Gasteiger partial charge is 0.265 e. The normalized spacial score (nSPS) is 16.2. The molecule has 0 bridgehead atoms. The number of nitrogens with one attached hydrogen (secondary N) is 1. The van der Waals surface area contributed by atoms with Crippen LogP contribution in [0, 0.1) is 0 Å². The fourth-order valence-electron chi connectivity index (χ4n) is 0.907. The summed E-state index contributed by atoms with van der Waals surface area (Å²) in [6, 6.07) is 0. The summed E-state index contributed by atoms with van der Waals surface area (Å²) in [5, 5.41) is 2.85. The van der Waals surface area contributed by atoms with Gasteiger partial charge in [-0.2, -0.15) is 8.42 Å². The average molecular weight is 201 g/mol. The molecule has 0 amide bonds. The van der Waals surface area contributed by atoms with Gasteiger partial charge in [-0.25, -0.2) is 0 Å². The molecule has 1 aliphatic rings. The van der Waals surface area contributed by atoms with Crippen LogP contribution in [0.25, 0.3) is 0 Å². The Balaban J connectivity index is 2.54. The molecular weight excluding hydrogens is 190 g/mol. The molecule has 0 aromatic rings. The van der Waals surface area contributed by atoms with Crippen LogP contribution in [0.1, 0.15) is 6.42 Å². The standard InChI is InChI=1S/C8H11NO3S/c10-13(11,12)7-4-8-2-1-5-9-6-3-8/h1-3,5-6,9H,4,7H2,(H,10,11,12). The molecule has 0 aliphatic carbocycles. The molecule has 0 spiro atoms. The van der Waals surface area contributed by atoms with Crippen LogP contribution < -0.4 is 5.32 Å². The van der Waals surface area contributed by atoms with Crippen molar-refractivity contribution >= 4 is 10.1 Å². The van der Waals surface area contributed by atoms with Gasteiger partial charge in [0.2, 0.25) is 0 Å². The van der Waals surface area contributed by atoms with Crippen molar-refractivity contribution in [2.24, 2.45) is 0 Å². The van der Waals surface area contributed by atoms with E-state index in [0.29, 0.717) is 6.42 Å². The van der Waals surface area contributed by atoms with E-state index in [-0.39, 0.29) is 5.75 Å². The number of rotatable bonds is 3. The summed E-state index contributed by atoms with van der Waals surface area (Å²) in [6.45, 7) is 0. The van der Waals surface area contributed by atoms with E-state index in [1.165, 1.54) is 0 Å². The van der Waals surface area contributed by atoms with Crippen LogP contribution in [0.15, 0.2) is 36.2 Å². The highest BCUT2D eigenvalue weighted by molar-refractivity contribution is 7.85. The van der Waals surface area contributed by atoms with Gasteiger partial charge in [0, 0.05) is 12.4 Å². The molecule has 5 heteroatoms. The lowest BCUT2D eigenvalue weighted by Gasteiger charge is -1.97. The van der Waals surface area contributed by atoms with Crippen molar-refractivity contribution in [1.29, 1.82) is 0 Å². The second-order valence-electron chi connectivity index (χ2n) is 2.64. The van der Waals surface area contributed by atoms with Gasteiger partial charge < -0.3 is 5.32 Å². The van der Waals surface area contributed by atoms with Crippen molar-refractivity contribution in [3.63, 3.8) is 0 Å². The molecule has 0 saturated heterocycles. The predicted molar refractivity (Wildman–Crippen MR) is 50.5 cm³/mol. The zero-order valence-corrected chi connectivity index (χ0v) is 7.79. The van der Waals surface area contributed by atoms with E-state index in [1.54, 1.807) is 30.6 Å². The second-order valence-corrected chi connectivity index (χ2v) is 4.21. The van der Waals surface area contributed by atoms with Crippen molar-refractivity contribution in [2.75, 3.05) is 5.75 Å². The lowest BCUT2D eigenvalue weighted by atomic mass is 10.2. The number of allylic oxidation sites excluding steroid dienone is 4. The van der Waals surface area contributed by atoms with Gasteiger partial charge in [0.15, 0.2) is 0 Å². The van der Waals surface area contributed by atoms with E-state index in [4.69, 9.17) is 4.55 Å². The van der Waals surface area contributed by atoms with Gasteiger partial charge >= 0.3 is 0 Å². The summed E-state index contributed by atoms with van der Waals surface area (Å²) in [7, 11) is -3.85. The van der Waals surface area contributed by atoms with Crippen LogP contribution in [0.2, 0.25) is 0 Å². The summed E-state index contributed by atoms with van der Waals surface area (Å²) in [4.78, 5) is 0. The van der Waals surface area contributed by atoms with Gasteiger partial charge in [-0.15, -0.1) is 0 Å². The van der Waals surface area contributed by atoms with Crippen LogP contribution >= 0.6 is 0 Å². The monoisotopic (exact) mass is 201 g/mol. The van der Waals surface area contributed by atoms with Crippen LogP contribution in [0.4, 0.5) is 0 Å². The van der Waals surface area contributed by atoms with Crippen molar-refractivity contribution < 1.29 is 13.0 Å². The van der Waals surface area contributed by atoms with Crippen LogP contribution in [0.5, 0.6) is 0 Å². The average Bonchev–Trinajstić information content (AvgIpc) is 2.26. The maximum atomic E-state index is 10.4. The van der Waals surface area contributed by atoms with E-state index in [2.05, 4.69) is 5.32 Å². The molecule has 0 aromatic heterocycles. The topological polar surface area (TPSA) is 66.4 Å². The predicted octanol–water partition coefficient (Wildman–Crippen LogP) is 0.821. The lowest BCUT2D eigenvalue weighted by Crippen LogP contribution is -2.04. The molecule has 1 heterocycles. The molecule has 0 unspecified atom stereocenters. The third kappa shape index (κ3) is 4.49. The summed E-state index contributed by atoms with van der Waals surface area (Å²) < 4.78 is 29.4. The van der Waals surface area contributed by atoms with Gasteiger partial charge in [0.25, 0.3) is 10.1 Å². The molecule has 0 atom stereocenters. The SMILES string of the molecule is O=S(=O)(O)CCC1=CC=CNC=C1. The highest BCUT2D eigenvalue weighted by atomic mass is 32.2. The fraction of sp³-hybridized carbons (Fsp3) is 0.250. The molecule has 2 N–H and O–H groups in total. The summed E-state index contributed by atoms with van der Waals surface area (Å²) in [5.41, 5.74) is 0.860. The maximum absolute atomic E-state index is 10.4. The van der Waals surface area contributed by atoms with E-state index in [0.717, 1.165) is 5.57 Å². The third-order valence-electron chi connectivity index (χ3n) is 1.55. The van der Waals surface area contributed by atoms with Gasteiger partial charge in [-0.1, -0.05) is 6.08 Å². The van der Waals surface area contributed by atoms with Crippen molar-refractivity contribution in [3.05, 3.63) is 36.2 Å². The summed E-state index contributed by atoms with van der Waals surface area (Å²) >= 11 is 0. The fourth-order valence-corrected chi connectivity index (χ4v) is 1.40. The quantitative estimate of drug-likeness (QED) is 0.663. The molecule has 4 nitrogen and oxygen atoms in total. The Labute approximate surface area is 77.4 Å². The van der Waals surface area contributed by atoms with Crippen molar-refractivity contribution in [1.82, 2.24) is 5.32 Å². The first kappa shape index (κ1) is 10.0. The van der Waals surface area contributed by atoms with E-state index >= 15 is 0 Å². The first-order chi connectivity index (χ1) is 6.08. The second kappa shape index (κ2) is 4.25. The Hall–Kier alpha value is -1.07. The molecule has 1 rings (SSSR count).